The van der Waals surface area contributed by atoms with Gasteiger partial charge in [0.15, 0.2) is 5.84 Å². The fourth-order valence-electron chi connectivity index (χ4n) is 1.67. The summed E-state index contributed by atoms with van der Waals surface area (Å²) in [5.74, 6) is 0.472. The molecular formula is C14H11BrCl2N2O2. The SMILES string of the molecule is N/C(=N/O)c1cc(Br)ccc1OCc1ccc(Cl)c(Cl)c1. The number of hydrogen-bond acceptors (Lipinski definition) is 3. The molecule has 0 bridgehead atoms. The summed E-state index contributed by atoms with van der Waals surface area (Å²) in [5.41, 5.74) is 6.99. The van der Waals surface area contributed by atoms with Crippen LogP contribution in [0, 0.1) is 0 Å². The summed E-state index contributed by atoms with van der Waals surface area (Å²) in [6.45, 7) is 0.282. The van der Waals surface area contributed by atoms with Gasteiger partial charge in [-0.3, -0.25) is 0 Å². The predicted octanol–water partition coefficient (Wildman–Crippen LogP) is 4.43. The second kappa shape index (κ2) is 7.02. The molecule has 0 saturated carbocycles. The Morgan fingerprint density at radius 1 is 1.19 bits per heavy atom. The van der Waals surface area contributed by atoms with Crippen LogP contribution in [0.15, 0.2) is 46.0 Å². The van der Waals surface area contributed by atoms with Gasteiger partial charge in [-0.2, -0.15) is 0 Å². The number of nitrogens with zero attached hydrogens (tertiary/aromatic N) is 1. The molecule has 0 aliphatic carbocycles. The van der Waals surface area contributed by atoms with Crippen molar-refractivity contribution in [3.05, 3.63) is 62.0 Å². The fraction of sp³-hybridized carbons (Fsp3) is 0.0714. The van der Waals surface area contributed by atoms with Crippen LogP contribution in [0.4, 0.5) is 0 Å². The molecule has 0 spiro atoms. The first-order valence-corrected chi connectivity index (χ1v) is 7.40. The smallest absolute Gasteiger partial charge is 0.173 e. The predicted molar refractivity (Wildman–Crippen MR) is 87.4 cm³/mol. The van der Waals surface area contributed by atoms with E-state index in [0.717, 1.165) is 10.0 Å². The van der Waals surface area contributed by atoms with Gasteiger partial charge < -0.3 is 15.7 Å². The Labute approximate surface area is 140 Å². The van der Waals surface area contributed by atoms with E-state index in [9.17, 15) is 0 Å². The van der Waals surface area contributed by atoms with Gasteiger partial charge in [-0.1, -0.05) is 50.4 Å². The van der Waals surface area contributed by atoms with Crippen LogP contribution < -0.4 is 10.5 Å². The molecule has 0 unspecified atom stereocenters. The summed E-state index contributed by atoms with van der Waals surface area (Å²) in [7, 11) is 0. The van der Waals surface area contributed by atoms with E-state index in [1.54, 1.807) is 30.3 Å². The molecule has 3 N–H and O–H groups in total. The average Bonchev–Trinajstić information content (AvgIpc) is 2.48. The Bertz CT molecular complexity index is 693. The lowest BCUT2D eigenvalue weighted by molar-refractivity contribution is 0.303. The number of nitrogens with two attached hydrogens (primary N) is 1. The second-order valence-electron chi connectivity index (χ2n) is 4.16. The molecule has 0 radical (unpaired) electrons. The van der Waals surface area contributed by atoms with Crippen molar-refractivity contribution in [2.24, 2.45) is 10.9 Å². The zero-order valence-electron chi connectivity index (χ0n) is 10.7. The first kappa shape index (κ1) is 15.9. The highest BCUT2D eigenvalue weighted by Crippen LogP contribution is 2.26. The van der Waals surface area contributed by atoms with Crippen molar-refractivity contribution in [3.8, 4) is 5.75 Å². The van der Waals surface area contributed by atoms with Crippen LogP contribution in [0.1, 0.15) is 11.1 Å². The molecule has 0 aliphatic rings. The minimum Gasteiger partial charge on any atom is -0.488 e. The summed E-state index contributed by atoms with van der Waals surface area (Å²) >= 11 is 15.1. The summed E-state index contributed by atoms with van der Waals surface area (Å²) in [6.07, 6.45) is 0. The van der Waals surface area contributed by atoms with Crippen LogP contribution in [0.3, 0.4) is 0 Å². The molecular weight excluding hydrogens is 379 g/mol. The molecule has 2 rings (SSSR count). The van der Waals surface area contributed by atoms with E-state index >= 15 is 0 Å². The summed E-state index contributed by atoms with van der Waals surface area (Å²) in [6, 6.07) is 10.5. The summed E-state index contributed by atoms with van der Waals surface area (Å²) < 4.78 is 6.50. The van der Waals surface area contributed by atoms with Gasteiger partial charge in [0.2, 0.25) is 0 Å². The lowest BCUT2D eigenvalue weighted by atomic mass is 10.2. The Kier molecular flexibility index (Phi) is 5.33. The van der Waals surface area contributed by atoms with Gasteiger partial charge in [0.25, 0.3) is 0 Å². The molecule has 2 aromatic rings. The number of hydrogen-bond donors (Lipinski definition) is 2. The minimum atomic E-state index is -0.0274. The molecule has 0 saturated heterocycles. The molecule has 0 atom stereocenters. The number of amidine groups is 1. The van der Waals surface area contributed by atoms with Crippen molar-refractivity contribution >= 4 is 45.0 Å². The van der Waals surface area contributed by atoms with E-state index in [-0.39, 0.29) is 12.4 Å². The van der Waals surface area contributed by atoms with E-state index in [0.29, 0.717) is 21.4 Å². The van der Waals surface area contributed by atoms with E-state index in [2.05, 4.69) is 21.1 Å². The van der Waals surface area contributed by atoms with Gasteiger partial charge in [-0.25, -0.2) is 0 Å². The molecule has 7 heteroatoms. The van der Waals surface area contributed by atoms with Gasteiger partial charge in [-0.15, -0.1) is 0 Å². The van der Waals surface area contributed by atoms with Crippen LogP contribution in [-0.2, 0) is 6.61 Å². The lowest BCUT2D eigenvalue weighted by Crippen LogP contribution is -2.15. The summed E-state index contributed by atoms with van der Waals surface area (Å²) in [5, 5.41) is 12.8. The Hall–Kier alpha value is -1.43. The summed E-state index contributed by atoms with van der Waals surface area (Å²) in [4.78, 5) is 0. The minimum absolute atomic E-state index is 0.0274. The number of benzene rings is 2. The number of rotatable bonds is 4. The maximum absolute atomic E-state index is 8.82. The first-order valence-electron chi connectivity index (χ1n) is 5.85. The van der Waals surface area contributed by atoms with E-state index in [4.69, 9.17) is 38.9 Å². The standard InChI is InChI=1S/C14H11BrCl2N2O2/c15-9-2-4-13(10(6-9)14(18)19-20)21-7-8-1-3-11(16)12(17)5-8/h1-6,20H,7H2,(H2,18,19). The highest BCUT2D eigenvalue weighted by Gasteiger charge is 2.10. The Balaban J connectivity index is 2.21. The van der Waals surface area contributed by atoms with Crippen molar-refractivity contribution in [3.63, 3.8) is 0 Å². The van der Waals surface area contributed by atoms with Crippen LogP contribution in [0.2, 0.25) is 10.0 Å². The van der Waals surface area contributed by atoms with Crippen molar-refractivity contribution < 1.29 is 9.94 Å². The molecule has 4 nitrogen and oxygen atoms in total. The third-order valence-corrected chi connectivity index (χ3v) is 3.94. The fourth-order valence-corrected chi connectivity index (χ4v) is 2.35. The molecule has 0 fully saturated rings. The van der Waals surface area contributed by atoms with Crippen molar-refractivity contribution in [1.29, 1.82) is 0 Å². The maximum Gasteiger partial charge on any atom is 0.173 e. The van der Waals surface area contributed by atoms with Crippen LogP contribution >= 0.6 is 39.1 Å². The third kappa shape index (κ3) is 4.03. The molecule has 0 aliphatic heterocycles. The zero-order valence-corrected chi connectivity index (χ0v) is 13.8. The number of halogens is 3. The van der Waals surface area contributed by atoms with Gasteiger partial charge in [0.05, 0.1) is 15.6 Å². The highest BCUT2D eigenvalue weighted by molar-refractivity contribution is 9.10. The first-order chi connectivity index (χ1) is 10.0. The van der Waals surface area contributed by atoms with Gasteiger partial charge in [0.1, 0.15) is 12.4 Å². The Morgan fingerprint density at radius 3 is 2.62 bits per heavy atom. The van der Waals surface area contributed by atoms with E-state index in [1.165, 1.54) is 0 Å². The van der Waals surface area contributed by atoms with Crippen molar-refractivity contribution in [2.75, 3.05) is 0 Å². The van der Waals surface area contributed by atoms with E-state index in [1.807, 2.05) is 6.07 Å². The third-order valence-electron chi connectivity index (χ3n) is 2.70. The van der Waals surface area contributed by atoms with Crippen molar-refractivity contribution in [1.82, 2.24) is 0 Å². The van der Waals surface area contributed by atoms with Gasteiger partial charge in [-0.05, 0) is 35.9 Å². The van der Waals surface area contributed by atoms with E-state index < -0.39 is 0 Å². The zero-order chi connectivity index (χ0) is 15.4. The van der Waals surface area contributed by atoms with Gasteiger partial charge >= 0.3 is 0 Å². The van der Waals surface area contributed by atoms with Gasteiger partial charge in [0, 0.05) is 4.47 Å². The highest BCUT2D eigenvalue weighted by atomic mass is 79.9. The quantitative estimate of drug-likeness (QED) is 0.351. The monoisotopic (exact) mass is 388 g/mol. The largest absolute Gasteiger partial charge is 0.488 e. The second-order valence-corrected chi connectivity index (χ2v) is 5.89. The molecule has 21 heavy (non-hydrogen) atoms. The molecule has 0 amide bonds. The molecule has 0 heterocycles. The van der Waals surface area contributed by atoms with Crippen LogP contribution in [0.25, 0.3) is 0 Å². The van der Waals surface area contributed by atoms with Crippen LogP contribution in [0.5, 0.6) is 5.75 Å². The average molecular weight is 390 g/mol. The molecule has 0 aromatic heterocycles. The lowest BCUT2D eigenvalue weighted by Gasteiger charge is -2.11. The molecule has 110 valence electrons. The van der Waals surface area contributed by atoms with Crippen molar-refractivity contribution in [2.45, 2.75) is 6.61 Å². The van der Waals surface area contributed by atoms with Crippen LogP contribution in [-0.4, -0.2) is 11.0 Å². The Morgan fingerprint density at radius 2 is 1.95 bits per heavy atom. The number of ether oxygens (including phenoxy) is 1. The number of oxime groups is 1. The maximum atomic E-state index is 8.82. The topological polar surface area (TPSA) is 67.8 Å². The molecule has 2 aromatic carbocycles. The normalized spacial score (nSPS) is 11.5.